The molecule has 0 radical (unpaired) electrons. The van der Waals surface area contributed by atoms with E-state index in [1.807, 2.05) is 20.8 Å². The number of carbonyl (C=O) groups is 1. The molecule has 1 rings (SSSR count). The van der Waals surface area contributed by atoms with Crippen LogP contribution in [-0.2, 0) is 9.47 Å². The van der Waals surface area contributed by atoms with Crippen LogP contribution in [-0.4, -0.2) is 45.5 Å². The summed E-state index contributed by atoms with van der Waals surface area (Å²) in [5, 5.41) is 6.03. The van der Waals surface area contributed by atoms with Gasteiger partial charge in [0, 0.05) is 25.6 Å². The van der Waals surface area contributed by atoms with Gasteiger partial charge in [-0.2, -0.15) is 0 Å². The largest absolute Gasteiger partial charge is 0.449 e. The van der Waals surface area contributed by atoms with E-state index in [1.54, 1.807) is 0 Å². The maximum Gasteiger partial charge on any atom is 0.407 e. The molecule has 0 saturated carbocycles. The molecule has 0 aromatic heterocycles. The number of ether oxygens (including phenoxy) is 2. The lowest BCUT2D eigenvalue weighted by Crippen LogP contribution is -2.36. The quantitative estimate of drug-likeness (QED) is 0.777. The average Bonchev–Trinajstić information content (AvgIpc) is 2.51. The van der Waals surface area contributed by atoms with Crippen molar-refractivity contribution in [2.45, 2.75) is 20.8 Å². The number of carbonyl (C=O) groups excluding carboxylic acids is 1. The van der Waals surface area contributed by atoms with Crippen LogP contribution in [0.1, 0.15) is 20.8 Å². The lowest BCUT2D eigenvalue weighted by atomic mass is 9.99. The molecule has 100 valence electrons. The van der Waals surface area contributed by atoms with Gasteiger partial charge in [0.05, 0.1) is 19.8 Å². The third-order valence-corrected chi connectivity index (χ3v) is 2.38. The van der Waals surface area contributed by atoms with Gasteiger partial charge in [-0.25, -0.2) is 4.79 Å². The molecule has 2 N–H and O–H groups in total. The van der Waals surface area contributed by atoms with Crippen molar-refractivity contribution in [1.29, 1.82) is 0 Å². The summed E-state index contributed by atoms with van der Waals surface area (Å²) in [6.07, 6.45) is -0.343. The summed E-state index contributed by atoms with van der Waals surface area (Å²) in [4.78, 5) is 11.4. The summed E-state index contributed by atoms with van der Waals surface area (Å²) in [5.74, 6) is 0.319. The lowest BCUT2D eigenvalue weighted by molar-refractivity contribution is 0.0990. The van der Waals surface area contributed by atoms with Crippen LogP contribution in [0.15, 0.2) is 0 Å². The standard InChI is InChI=1S/C12H24N2O3/c1-12(2,3)9-17-11(15)14-7-10-6-13-4-5-16-8-10/h10,13H,4-9H2,1-3H3,(H,14,15). The highest BCUT2D eigenvalue weighted by molar-refractivity contribution is 5.67. The van der Waals surface area contributed by atoms with Gasteiger partial charge in [-0.05, 0) is 5.41 Å². The number of hydrogen-bond donors (Lipinski definition) is 2. The summed E-state index contributed by atoms with van der Waals surface area (Å²) in [7, 11) is 0. The predicted molar refractivity (Wildman–Crippen MR) is 66.0 cm³/mol. The van der Waals surface area contributed by atoms with Crippen LogP contribution in [0.2, 0.25) is 0 Å². The Bertz CT molecular complexity index is 230. The van der Waals surface area contributed by atoms with E-state index in [0.717, 1.165) is 19.7 Å². The van der Waals surface area contributed by atoms with E-state index in [2.05, 4.69) is 10.6 Å². The smallest absolute Gasteiger partial charge is 0.407 e. The summed E-state index contributed by atoms with van der Waals surface area (Å²) in [5.41, 5.74) is 0.00429. The number of nitrogens with one attached hydrogen (secondary N) is 2. The van der Waals surface area contributed by atoms with Crippen LogP contribution in [0.25, 0.3) is 0 Å². The second-order valence-corrected chi connectivity index (χ2v) is 5.66. The Balaban J connectivity index is 2.14. The molecule has 1 aliphatic rings. The molecule has 5 heteroatoms. The molecule has 1 atom stereocenters. The van der Waals surface area contributed by atoms with E-state index < -0.39 is 0 Å². The second-order valence-electron chi connectivity index (χ2n) is 5.66. The van der Waals surface area contributed by atoms with E-state index in [1.165, 1.54) is 0 Å². The van der Waals surface area contributed by atoms with Crippen LogP contribution in [0.5, 0.6) is 0 Å². The Hall–Kier alpha value is -0.810. The molecule has 0 aliphatic carbocycles. The first-order valence-corrected chi connectivity index (χ1v) is 6.16. The molecule has 17 heavy (non-hydrogen) atoms. The zero-order valence-corrected chi connectivity index (χ0v) is 11.0. The molecule has 0 spiro atoms. The van der Waals surface area contributed by atoms with Crippen LogP contribution in [0, 0.1) is 11.3 Å². The van der Waals surface area contributed by atoms with E-state index >= 15 is 0 Å². The number of alkyl carbamates (subject to hydrolysis) is 1. The van der Waals surface area contributed by atoms with Crippen molar-refractivity contribution in [3.8, 4) is 0 Å². The Morgan fingerprint density at radius 3 is 3.00 bits per heavy atom. The number of amides is 1. The molecule has 0 bridgehead atoms. The third-order valence-electron chi connectivity index (χ3n) is 2.38. The van der Waals surface area contributed by atoms with Crippen LogP contribution >= 0.6 is 0 Å². The van der Waals surface area contributed by atoms with Crippen molar-refractivity contribution < 1.29 is 14.3 Å². The molecule has 1 aliphatic heterocycles. The van der Waals surface area contributed by atoms with Gasteiger partial charge in [0.2, 0.25) is 0 Å². The summed E-state index contributed by atoms with van der Waals surface area (Å²) >= 11 is 0. The SMILES string of the molecule is CC(C)(C)COC(=O)NCC1CNCCOC1. The topological polar surface area (TPSA) is 59.6 Å². The van der Waals surface area contributed by atoms with Crippen molar-refractivity contribution in [2.75, 3.05) is 39.5 Å². The van der Waals surface area contributed by atoms with E-state index in [-0.39, 0.29) is 11.5 Å². The number of rotatable bonds is 3. The third kappa shape index (κ3) is 7.18. The molecule has 1 amide bonds. The van der Waals surface area contributed by atoms with Crippen molar-refractivity contribution in [3.63, 3.8) is 0 Å². The Morgan fingerprint density at radius 2 is 2.29 bits per heavy atom. The van der Waals surface area contributed by atoms with Crippen molar-refractivity contribution in [3.05, 3.63) is 0 Å². The molecular formula is C12H24N2O3. The van der Waals surface area contributed by atoms with Gasteiger partial charge in [-0.3, -0.25) is 0 Å². The first-order chi connectivity index (χ1) is 7.97. The zero-order valence-electron chi connectivity index (χ0n) is 11.0. The molecule has 1 unspecified atom stereocenters. The highest BCUT2D eigenvalue weighted by Gasteiger charge is 2.16. The maximum absolute atomic E-state index is 11.4. The molecule has 0 aromatic rings. The maximum atomic E-state index is 11.4. The van der Waals surface area contributed by atoms with E-state index in [0.29, 0.717) is 25.7 Å². The zero-order chi connectivity index (χ0) is 12.7. The first kappa shape index (κ1) is 14.3. The number of hydrogen-bond acceptors (Lipinski definition) is 4. The molecular weight excluding hydrogens is 220 g/mol. The van der Waals surface area contributed by atoms with Crippen LogP contribution < -0.4 is 10.6 Å². The van der Waals surface area contributed by atoms with Crippen LogP contribution in [0.3, 0.4) is 0 Å². The fraction of sp³-hybridized carbons (Fsp3) is 0.917. The molecule has 5 nitrogen and oxygen atoms in total. The fourth-order valence-corrected chi connectivity index (χ4v) is 1.45. The Morgan fingerprint density at radius 1 is 1.53 bits per heavy atom. The minimum absolute atomic E-state index is 0.00429. The van der Waals surface area contributed by atoms with Crippen molar-refractivity contribution >= 4 is 6.09 Å². The van der Waals surface area contributed by atoms with E-state index in [4.69, 9.17) is 9.47 Å². The lowest BCUT2D eigenvalue weighted by Gasteiger charge is -2.19. The molecule has 1 fully saturated rings. The van der Waals surface area contributed by atoms with Gasteiger partial charge in [0.15, 0.2) is 0 Å². The molecule has 1 saturated heterocycles. The van der Waals surface area contributed by atoms with Gasteiger partial charge in [-0.1, -0.05) is 20.8 Å². The monoisotopic (exact) mass is 244 g/mol. The normalized spacial score (nSPS) is 21.7. The first-order valence-electron chi connectivity index (χ1n) is 6.16. The van der Waals surface area contributed by atoms with Gasteiger partial charge in [0.1, 0.15) is 0 Å². The van der Waals surface area contributed by atoms with Gasteiger partial charge in [-0.15, -0.1) is 0 Å². The van der Waals surface area contributed by atoms with Crippen molar-refractivity contribution in [1.82, 2.24) is 10.6 Å². The second kappa shape index (κ2) is 6.81. The molecule has 1 heterocycles. The predicted octanol–water partition coefficient (Wildman–Crippen LogP) is 0.995. The van der Waals surface area contributed by atoms with E-state index in [9.17, 15) is 4.79 Å². The highest BCUT2D eigenvalue weighted by Crippen LogP contribution is 2.12. The van der Waals surface area contributed by atoms with Gasteiger partial charge < -0.3 is 20.1 Å². The fourth-order valence-electron chi connectivity index (χ4n) is 1.45. The average molecular weight is 244 g/mol. The minimum Gasteiger partial charge on any atom is -0.449 e. The minimum atomic E-state index is -0.343. The Labute approximate surface area is 103 Å². The van der Waals surface area contributed by atoms with Crippen molar-refractivity contribution in [2.24, 2.45) is 11.3 Å². The Kier molecular flexibility index (Phi) is 5.71. The molecule has 0 aromatic carbocycles. The summed E-state index contributed by atoms with van der Waals surface area (Å²) < 4.78 is 10.5. The summed E-state index contributed by atoms with van der Waals surface area (Å²) in [6.45, 7) is 10.3. The van der Waals surface area contributed by atoms with Crippen LogP contribution in [0.4, 0.5) is 4.79 Å². The van der Waals surface area contributed by atoms with Gasteiger partial charge in [0.25, 0.3) is 0 Å². The van der Waals surface area contributed by atoms with Gasteiger partial charge >= 0.3 is 6.09 Å². The summed E-state index contributed by atoms with van der Waals surface area (Å²) in [6, 6.07) is 0. The highest BCUT2D eigenvalue weighted by atomic mass is 16.5.